The molecule has 0 aliphatic carbocycles. The molecule has 0 unspecified atom stereocenters. The van der Waals surface area contributed by atoms with Gasteiger partial charge in [-0.15, -0.1) is 0 Å². The molecule has 0 amide bonds. The Morgan fingerprint density at radius 2 is 1.83 bits per heavy atom. The van der Waals surface area contributed by atoms with Crippen LogP contribution in [0.4, 0.5) is 17.3 Å². The average Bonchev–Trinajstić information content (AvgIpc) is 2.78. The Labute approximate surface area is 108 Å². The third-order valence-corrected chi connectivity index (χ3v) is 2.86. The molecule has 1 heterocycles. The monoisotopic (exact) mass is 244 g/mol. The van der Waals surface area contributed by atoms with Crippen molar-refractivity contribution in [3.05, 3.63) is 36.7 Å². The molecule has 0 aliphatic heterocycles. The van der Waals surface area contributed by atoms with Crippen molar-refractivity contribution in [3.63, 3.8) is 0 Å². The van der Waals surface area contributed by atoms with Crippen LogP contribution < -0.4 is 10.2 Å². The molecule has 1 N–H and O–H groups in total. The zero-order valence-corrected chi connectivity index (χ0v) is 11.4. The Morgan fingerprint density at radius 3 is 2.39 bits per heavy atom. The van der Waals surface area contributed by atoms with Crippen LogP contribution >= 0.6 is 0 Å². The molecule has 0 spiro atoms. The predicted octanol–water partition coefficient (Wildman–Crippen LogP) is 3.27. The number of aromatic nitrogens is 2. The molecule has 0 bridgehead atoms. The van der Waals surface area contributed by atoms with Crippen LogP contribution in [0.25, 0.3) is 0 Å². The van der Waals surface area contributed by atoms with Gasteiger partial charge in [-0.25, -0.2) is 4.98 Å². The third-order valence-electron chi connectivity index (χ3n) is 2.86. The maximum absolute atomic E-state index is 4.33. The maximum Gasteiger partial charge on any atom is 0.207 e. The number of rotatable bonds is 4. The lowest BCUT2D eigenvalue weighted by atomic mass is 10.2. The zero-order valence-electron chi connectivity index (χ0n) is 11.4. The van der Waals surface area contributed by atoms with Gasteiger partial charge in [-0.3, -0.25) is 0 Å². The van der Waals surface area contributed by atoms with Crippen molar-refractivity contribution < 1.29 is 0 Å². The summed E-state index contributed by atoms with van der Waals surface area (Å²) in [6.07, 6.45) is 3.80. The van der Waals surface area contributed by atoms with Crippen LogP contribution in [0.3, 0.4) is 0 Å². The Kier molecular flexibility index (Phi) is 3.55. The minimum atomic E-state index is 0.399. The van der Waals surface area contributed by atoms with Gasteiger partial charge in [0.1, 0.15) is 0 Å². The molecule has 4 nitrogen and oxygen atoms in total. The minimum absolute atomic E-state index is 0.399. The number of hydrogen-bond acceptors (Lipinski definition) is 3. The summed E-state index contributed by atoms with van der Waals surface area (Å²) in [5, 5.41) is 3.33. The van der Waals surface area contributed by atoms with Crippen LogP contribution in [0.2, 0.25) is 0 Å². The molecule has 2 rings (SSSR count). The maximum atomic E-state index is 4.33. The smallest absolute Gasteiger partial charge is 0.207 e. The first-order valence-corrected chi connectivity index (χ1v) is 6.15. The van der Waals surface area contributed by atoms with Crippen LogP contribution in [0, 0.1) is 0 Å². The fourth-order valence-electron chi connectivity index (χ4n) is 1.80. The predicted molar refractivity (Wildman–Crippen MR) is 76.7 cm³/mol. The molecule has 1 aromatic heterocycles. The summed E-state index contributed by atoms with van der Waals surface area (Å²) in [6.45, 7) is 4.28. The van der Waals surface area contributed by atoms with Crippen molar-refractivity contribution in [3.8, 4) is 0 Å². The molecular weight excluding hydrogens is 224 g/mol. The molecule has 0 aliphatic rings. The second-order valence-electron chi connectivity index (χ2n) is 4.82. The highest BCUT2D eigenvalue weighted by atomic mass is 15.2. The molecular formula is C14H20N4. The lowest BCUT2D eigenvalue weighted by Gasteiger charge is -2.15. The first-order chi connectivity index (χ1) is 8.58. The summed E-state index contributed by atoms with van der Waals surface area (Å²) in [4.78, 5) is 6.41. The molecule has 4 heteroatoms. The first kappa shape index (κ1) is 12.5. The second kappa shape index (κ2) is 5.12. The van der Waals surface area contributed by atoms with Gasteiger partial charge in [0, 0.05) is 43.9 Å². The molecule has 0 saturated carbocycles. The Hall–Kier alpha value is -1.97. The van der Waals surface area contributed by atoms with Gasteiger partial charge in [0.15, 0.2) is 0 Å². The van der Waals surface area contributed by atoms with Gasteiger partial charge < -0.3 is 14.8 Å². The summed E-state index contributed by atoms with van der Waals surface area (Å²) in [6, 6.07) is 8.70. The van der Waals surface area contributed by atoms with Crippen molar-refractivity contribution in [2.24, 2.45) is 0 Å². The number of nitrogens with zero attached hydrogens (tertiary/aromatic N) is 3. The molecule has 0 radical (unpaired) electrons. The summed E-state index contributed by atoms with van der Waals surface area (Å²) in [7, 11) is 4.07. The zero-order chi connectivity index (χ0) is 13.1. The fourth-order valence-corrected chi connectivity index (χ4v) is 1.80. The molecule has 2 aromatic rings. The van der Waals surface area contributed by atoms with E-state index in [4.69, 9.17) is 0 Å². The number of nitrogens with one attached hydrogen (secondary N) is 1. The SMILES string of the molecule is CC(C)n1ccnc1Nc1ccc(N(C)C)cc1. The molecule has 18 heavy (non-hydrogen) atoms. The lowest BCUT2D eigenvalue weighted by Crippen LogP contribution is -2.08. The highest BCUT2D eigenvalue weighted by Gasteiger charge is 2.05. The molecule has 0 fully saturated rings. The quantitative estimate of drug-likeness (QED) is 0.896. The Morgan fingerprint density at radius 1 is 1.17 bits per heavy atom. The van der Waals surface area contributed by atoms with Crippen molar-refractivity contribution in [1.29, 1.82) is 0 Å². The van der Waals surface area contributed by atoms with Gasteiger partial charge in [-0.1, -0.05) is 0 Å². The van der Waals surface area contributed by atoms with E-state index in [9.17, 15) is 0 Å². The van der Waals surface area contributed by atoms with E-state index >= 15 is 0 Å². The average molecular weight is 244 g/mol. The van der Waals surface area contributed by atoms with Crippen molar-refractivity contribution in [2.75, 3.05) is 24.3 Å². The minimum Gasteiger partial charge on any atom is -0.378 e. The summed E-state index contributed by atoms with van der Waals surface area (Å²) in [5.74, 6) is 0.877. The largest absolute Gasteiger partial charge is 0.378 e. The van der Waals surface area contributed by atoms with E-state index in [-0.39, 0.29) is 0 Å². The van der Waals surface area contributed by atoms with E-state index in [1.54, 1.807) is 0 Å². The number of benzene rings is 1. The van der Waals surface area contributed by atoms with Gasteiger partial charge in [-0.2, -0.15) is 0 Å². The van der Waals surface area contributed by atoms with Gasteiger partial charge in [-0.05, 0) is 38.1 Å². The van der Waals surface area contributed by atoms with Gasteiger partial charge in [0.05, 0.1) is 0 Å². The normalized spacial score (nSPS) is 10.7. The summed E-state index contributed by atoms with van der Waals surface area (Å²) < 4.78 is 2.11. The van der Waals surface area contributed by atoms with Gasteiger partial charge in [0.2, 0.25) is 5.95 Å². The molecule has 96 valence electrons. The molecule has 0 atom stereocenters. The standard InChI is InChI=1S/C14H20N4/c1-11(2)18-10-9-15-14(18)16-12-5-7-13(8-6-12)17(3)4/h5-11H,1-4H3,(H,15,16). The number of anilines is 3. The van der Waals surface area contributed by atoms with Gasteiger partial charge >= 0.3 is 0 Å². The molecule has 1 aromatic carbocycles. The van der Waals surface area contributed by atoms with E-state index < -0.39 is 0 Å². The highest BCUT2D eigenvalue weighted by molar-refractivity contribution is 5.59. The van der Waals surface area contributed by atoms with Crippen LogP contribution in [-0.4, -0.2) is 23.6 Å². The van der Waals surface area contributed by atoms with Crippen LogP contribution in [0.15, 0.2) is 36.7 Å². The van der Waals surface area contributed by atoms with Crippen LogP contribution in [0.5, 0.6) is 0 Å². The second-order valence-corrected chi connectivity index (χ2v) is 4.82. The van der Waals surface area contributed by atoms with E-state index in [0.29, 0.717) is 6.04 Å². The Bertz CT molecular complexity index is 497. The van der Waals surface area contributed by atoms with Crippen LogP contribution in [-0.2, 0) is 0 Å². The van der Waals surface area contributed by atoms with Crippen LogP contribution in [0.1, 0.15) is 19.9 Å². The highest BCUT2D eigenvalue weighted by Crippen LogP contribution is 2.20. The molecule has 0 saturated heterocycles. The Balaban J connectivity index is 2.16. The number of imidazole rings is 1. The first-order valence-electron chi connectivity index (χ1n) is 6.15. The summed E-state index contributed by atoms with van der Waals surface area (Å²) in [5.41, 5.74) is 2.24. The van der Waals surface area contributed by atoms with E-state index in [1.165, 1.54) is 5.69 Å². The van der Waals surface area contributed by atoms with Gasteiger partial charge in [0.25, 0.3) is 0 Å². The van der Waals surface area contributed by atoms with Crippen molar-refractivity contribution in [2.45, 2.75) is 19.9 Å². The van der Waals surface area contributed by atoms with E-state index in [2.05, 4.69) is 57.9 Å². The third kappa shape index (κ3) is 2.64. The number of hydrogen-bond donors (Lipinski definition) is 1. The van der Waals surface area contributed by atoms with Crippen molar-refractivity contribution in [1.82, 2.24) is 9.55 Å². The topological polar surface area (TPSA) is 33.1 Å². The fraction of sp³-hybridized carbons (Fsp3) is 0.357. The van der Waals surface area contributed by atoms with E-state index in [0.717, 1.165) is 11.6 Å². The lowest BCUT2D eigenvalue weighted by molar-refractivity contribution is 0.608. The van der Waals surface area contributed by atoms with E-state index in [1.807, 2.05) is 26.5 Å². The van der Waals surface area contributed by atoms with Crippen molar-refractivity contribution >= 4 is 17.3 Å². The summed E-state index contributed by atoms with van der Waals surface area (Å²) >= 11 is 0.